The van der Waals surface area contributed by atoms with Crippen LogP contribution in [-0.4, -0.2) is 49.4 Å². The van der Waals surface area contributed by atoms with Crippen molar-refractivity contribution in [3.05, 3.63) is 22.6 Å². The summed E-state index contributed by atoms with van der Waals surface area (Å²) in [6.07, 6.45) is 3.41. The van der Waals surface area contributed by atoms with E-state index in [2.05, 4.69) is 5.32 Å². The summed E-state index contributed by atoms with van der Waals surface area (Å²) in [7, 11) is 1.46. The van der Waals surface area contributed by atoms with Crippen LogP contribution in [0, 0.1) is 0 Å². The van der Waals surface area contributed by atoms with Gasteiger partial charge in [0, 0.05) is 12.7 Å². The lowest BCUT2D eigenvalue weighted by Gasteiger charge is -2.44. The standard InChI is InChI=1S/C16H23N3O4/c1-3-18-9-4-12(14(22-2)15(18)21)19-11-16(23-10-13(19)20)5-7-17-8-6-16/h4,9,17H,3,5-8,10-11H2,1-2H3. The first kappa shape index (κ1) is 16.0. The van der Waals surface area contributed by atoms with Crippen LogP contribution in [0.1, 0.15) is 19.8 Å². The van der Waals surface area contributed by atoms with Gasteiger partial charge in [0.2, 0.25) is 5.75 Å². The van der Waals surface area contributed by atoms with Crippen LogP contribution in [0.5, 0.6) is 5.75 Å². The molecule has 1 aromatic rings. The minimum Gasteiger partial charge on any atom is -0.490 e. The average Bonchev–Trinajstić information content (AvgIpc) is 2.58. The second kappa shape index (κ2) is 6.33. The Morgan fingerprint density at radius 2 is 2.09 bits per heavy atom. The molecule has 2 saturated heterocycles. The van der Waals surface area contributed by atoms with E-state index in [1.165, 1.54) is 7.11 Å². The van der Waals surface area contributed by atoms with Crippen LogP contribution in [0.25, 0.3) is 0 Å². The lowest BCUT2D eigenvalue weighted by Crippen LogP contribution is -2.58. The van der Waals surface area contributed by atoms with E-state index in [0.717, 1.165) is 25.9 Å². The van der Waals surface area contributed by atoms with Gasteiger partial charge >= 0.3 is 0 Å². The number of rotatable bonds is 3. The van der Waals surface area contributed by atoms with Crippen LogP contribution in [0.15, 0.2) is 17.1 Å². The van der Waals surface area contributed by atoms with Crippen molar-refractivity contribution in [1.29, 1.82) is 0 Å². The quantitative estimate of drug-likeness (QED) is 0.870. The minimum absolute atomic E-state index is 0.0417. The summed E-state index contributed by atoms with van der Waals surface area (Å²) in [5.41, 5.74) is -0.0105. The Kier molecular flexibility index (Phi) is 4.41. The summed E-state index contributed by atoms with van der Waals surface area (Å²) < 4.78 is 12.7. The van der Waals surface area contributed by atoms with Gasteiger partial charge in [0.1, 0.15) is 6.61 Å². The fraction of sp³-hybridized carbons (Fsp3) is 0.625. The molecule has 2 aliphatic heterocycles. The van der Waals surface area contributed by atoms with E-state index in [0.29, 0.717) is 18.8 Å². The summed E-state index contributed by atoms with van der Waals surface area (Å²) in [5, 5.41) is 3.31. The minimum atomic E-state index is -0.330. The Morgan fingerprint density at radius 3 is 2.74 bits per heavy atom. The monoisotopic (exact) mass is 321 g/mol. The molecule has 0 unspecified atom stereocenters. The van der Waals surface area contributed by atoms with Gasteiger partial charge in [0.15, 0.2) is 0 Å². The molecule has 0 bridgehead atoms. The largest absolute Gasteiger partial charge is 0.490 e. The number of nitrogens with zero attached hydrogens (tertiary/aromatic N) is 2. The zero-order valence-corrected chi connectivity index (χ0v) is 13.6. The molecule has 0 saturated carbocycles. The average molecular weight is 321 g/mol. The number of methoxy groups -OCH3 is 1. The van der Waals surface area contributed by atoms with Gasteiger partial charge in [0.05, 0.1) is 24.9 Å². The first-order chi connectivity index (χ1) is 11.1. The van der Waals surface area contributed by atoms with E-state index in [9.17, 15) is 9.59 Å². The van der Waals surface area contributed by atoms with Gasteiger partial charge in [-0.1, -0.05) is 0 Å². The van der Waals surface area contributed by atoms with Crippen molar-refractivity contribution < 1.29 is 14.3 Å². The predicted molar refractivity (Wildman–Crippen MR) is 86.1 cm³/mol. The van der Waals surface area contributed by atoms with Gasteiger partial charge in [-0.05, 0) is 38.9 Å². The molecule has 1 amide bonds. The van der Waals surface area contributed by atoms with Crippen molar-refractivity contribution in [2.24, 2.45) is 0 Å². The lowest BCUT2D eigenvalue weighted by molar-refractivity contribution is -0.141. The number of aryl methyl sites for hydroxylation is 1. The third-order valence-corrected chi connectivity index (χ3v) is 4.70. The number of aromatic nitrogens is 1. The van der Waals surface area contributed by atoms with Crippen molar-refractivity contribution in [2.45, 2.75) is 31.9 Å². The van der Waals surface area contributed by atoms with Gasteiger partial charge in [-0.2, -0.15) is 0 Å². The van der Waals surface area contributed by atoms with Gasteiger partial charge in [-0.3, -0.25) is 9.59 Å². The SMILES string of the molecule is CCn1ccc(N2CC3(CCNCC3)OCC2=O)c(OC)c1=O. The highest BCUT2D eigenvalue weighted by Gasteiger charge is 2.42. The molecule has 3 heterocycles. The van der Waals surface area contributed by atoms with Crippen molar-refractivity contribution in [3.8, 4) is 5.75 Å². The fourth-order valence-electron chi connectivity index (χ4n) is 3.32. The van der Waals surface area contributed by atoms with Gasteiger partial charge in [-0.15, -0.1) is 0 Å². The summed E-state index contributed by atoms with van der Waals surface area (Å²) >= 11 is 0. The topological polar surface area (TPSA) is 72.8 Å². The molecule has 1 aromatic heterocycles. The number of carbonyl (C=O) groups is 1. The third-order valence-electron chi connectivity index (χ3n) is 4.70. The van der Waals surface area contributed by atoms with Crippen LogP contribution in [-0.2, 0) is 16.1 Å². The fourth-order valence-corrected chi connectivity index (χ4v) is 3.32. The summed E-state index contributed by atoms with van der Waals surface area (Å²) in [6, 6.07) is 1.78. The predicted octanol–water partition coefficient (Wildman–Crippen LogP) is 0.362. The molecule has 23 heavy (non-hydrogen) atoms. The molecule has 3 rings (SSSR count). The van der Waals surface area contributed by atoms with E-state index in [4.69, 9.17) is 9.47 Å². The molecular weight excluding hydrogens is 298 g/mol. The maximum atomic E-state index is 12.4. The number of pyridine rings is 1. The summed E-state index contributed by atoms with van der Waals surface area (Å²) in [6.45, 7) is 4.69. The molecule has 1 N–H and O–H groups in total. The van der Waals surface area contributed by atoms with E-state index >= 15 is 0 Å². The van der Waals surface area contributed by atoms with Crippen molar-refractivity contribution in [3.63, 3.8) is 0 Å². The van der Waals surface area contributed by atoms with Crippen LogP contribution in [0.2, 0.25) is 0 Å². The zero-order chi connectivity index (χ0) is 16.4. The van der Waals surface area contributed by atoms with Gasteiger partial charge in [-0.25, -0.2) is 0 Å². The Hall–Kier alpha value is -1.86. The molecule has 2 aliphatic rings. The maximum absolute atomic E-state index is 12.4. The van der Waals surface area contributed by atoms with Crippen LogP contribution in [0.4, 0.5) is 5.69 Å². The molecule has 0 radical (unpaired) electrons. The number of carbonyl (C=O) groups excluding carboxylic acids is 1. The lowest BCUT2D eigenvalue weighted by atomic mass is 9.90. The van der Waals surface area contributed by atoms with Crippen LogP contribution < -0.4 is 20.5 Å². The van der Waals surface area contributed by atoms with Gasteiger partial charge in [0.25, 0.3) is 11.5 Å². The van der Waals surface area contributed by atoms with E-state index < -0.39 is 0 Å². The summed E-state index contributed by atoms with van der Waals surface area (Å²) in [5.74, 6) is 0.0785. The van der Waals surface area contributed by atoms with E-state index in [-0.39, 0.29) is 29.4 Å². The van der Waals surface area contributed by atoms with Crippen molar-refractivity contribution in [2.75, 3.05) is 38.3 Å². The summed E-state index contributed by atoms with van der Waals surface area (Å²) in [4.78, 5) is 26.5. The first-order valence-corrected chi connectivity index (χ1v) is 8.03. The highest BCUT2D eigenvalue weighted by molar-refractivity contribution is 5.96. The molecule has 126 valence electrons. The smallest absolute Gasteiger partial charge is 0.295 e. The maximum Gasteiger partial charge on any atom is 0.295 e. The molecule has 7 nitrogen and oxygen atoms in total. The molecule has 0 aromatic carbocycles. The second-order valence-electron chi connectivity index (χ2n) is 6.03. The molecular formula is C16H23N3O4. The van der Waals surface area contributed by atoms with Crippen LogP contribution >= 0.6 is 0 Å². The Labute approximate surface area is 135 Å². The molecule has 0 aliphatic carbocycles. The Morgan fingerprint density at radius 1 is 1.35 bits per heavy atom. The molecule has 0 atom stereocenters. The first-order valence-electron chi connectivity index (χ1n) is 8.03. The van der Waals surface area contributed by atoms with Crippen LogP contribution in [0.3, 0.4) is 0 Å². The molecule has 7 heteroatoms. The number of morpholine rings is 1. The molecule has 1 spiro atoms. The number of ether oxygens (including phenoxy) is 2. The number of amides is 1. The molecule has 2 fully saturated rings. The second-order valence-corrected chi connectivity index (χ2v) is 6.03. The third kappa shape index (κ3) is 2.86. The number of anilines is 1. The van der Waals surface area contributed by atoms with E-state index in [1.807, 2.05) is 6.92 Å². The van der Waals surface area contributed by atoms with Crippen molar-refractivity contribution in [1.82, 2.24) is 9.88 Å². The number of nitrogens with one attached hydrogen (secondary N) is 1. The van der Waals surface area contributed by atoms with Gasteiger partial charge < -0.3 is 24.3 Å². The Balaban J connectivity index is 1.97. The zero-order valence-electron chi connectivity index (χ0n) is 13.6. The number of hydrogen-bond donors (Lipinski definition) is 1. The normalized spacial score (nSPS) is 20.8. The van der Waals surface area contributed by atoms with Crippen molar-refractivity contribution >= 4 is 11.6 Å². The highest BCUT2D eigenvalue weighted by atomic mass is 16.5. The number of hydrogen-bond acceptors (Lipinski definition) is 5. The Bertz CT molecular complexity index is 649. The van der Waals surface area contributed by atoms with E-state index in [1.54, 1.807) is 21.7 Å². The number of piperidine rings is 1. The highest BCUT2D eigenvalue weighted by Crippen LogP contribution is 2.33.